The van der Waals surface area contributed by atoms with E-state index in [9.17, 15) is 9.59 Å². The van der Waals surface area contributed by atoms with Crippen molar-refractivity contribution in [2.24, 2.45) is 0 Å². The molecule has 4 heterocycles. The quantitative estimate of drug-likeness (QED) is 0.478. The Bertz CT molecular complexity index is 1450. The molecule has 0 radical (unpaired) electrons. The molecule has 0 atom stereocenters. The molecule has 7 nitrogen and oxygen atoms in total. The highest BCUT2D eigenvalue weighted by Crippen LogP contribution is 2.28. The second-order valence-electron chi connectivity index (χ2n) is 8.22. The van der Waals surface area contributed by atoms with Crippen LogP contribution in [0.15, 0.2) is 47.7 Å². The minimum Gasteiger partial charge on any atom is -0.330 e. The molecule has 8 heteroatoms. The van der Waals surface area contributed by atoms with E-state index in [1.165, 1.54) is 0 Å². The molecule has 0 aliphatic carbocycles. The number of hydrogen-bond acceptors (Lipinski definition) is 4. The molecule has 1 amide bonds. The smallest absolute Gasteiger partial charge is 0.275 e. The number of carbonyl (C=O) groups excluding carboxylic acids is 1. The summed E-state index contributed by atoms with van der Waals surface area (Å²) in [6.07, 6.45) is 3.40. The largest absolute Gasteiger partial charge is 0.330 e. The van der Waals surface area contributed by atoms with Crippen LogP contribution in [0.4, 0.5) is 0 Å². The summed E-state index contributed by atoms with van der Waals surface area (Å²) in [5, 5.41) is 1.74. The van der Waals surface area contributed by atoms with Gasteiger partial charge in [0.05, 0.1) is 29.8 Å². The third kappa shape index (κ3) is 3.29. The fourth-order valence-corrected chi connectivity index (χ4v) is 4.41. The number of carbonyl (C=O) groups is 1. The highest BCUT2D eigenvalue weighted by Gasteiger charge is 2.26. The second-order valence-corrected chi connectivity index (χ2v) is 8.59. The molecule has 0 N–H and O–H groups in total. The van der Waals surface area contributed by atoms with E-state index in [2.05, 4.69) is 4.98 Å². The van der Waals surface area contributed by atoms with Crippen molar-refractivity contribution in [3.05, 3.63) is 86.4 Å². The van der Waals surface area contributed by atoms with Gasteiger partial charge in [-0.3, -0.25) is 14.6 Å². The Hall–Kier alpha value is -3.45. The minimum atomic E-state index is -0.197. The van der Waals surface area contributed by atoms with Crippen molar-refractivity contribution in [3.8, 4) is 5.69 Å². The van der Waals surface area contributed by atoms with Crippen molar-refractivity contribution in [2.45, 2.75) is 33.9 Å². The third-order valence-electron chi connectivity index (χ3n) is 5.98. The van der Waals surface area contributed by atoms with Crippen molar-refractivity contribution >= 4 is 28.4 Å². The summed E-state index contributed by atoms with van der Waals surface area (Å²) in [6, 6.07) is 9.37. The van der Waals surface area contributed by atoms with Crippen LogP contribution < -0.4 is 5.56 Å². The number of aromatic nitrogens is 4. The summed E-state index contributed by atoms with van der Waals surface area (Å²) in [4.78, 5) is 36.8. The lowest BCUT2D eigenvalue weighted by Gasteiger charge is -2.29. The minimum absolute atomic E-state index is 0.178. The van der Waals surface area contributed by atoms with Gasteiger partial charge in [-0.05, 0) is 56.2 Å². The van der Waals surface area contributed by atoms with Gasteiger partial charge in [0.1, 0.15) is 11.4 Å². The molecule has 4 aromatic rings. The molecule has 0 saturated heterocycles. The van der Waals surface area contributed by atoms with Crippen LogP contribution in [0, 0.1) is 20.8 Å². The Morgan fingerprint density at radius 3 is 2.62 bits per heavy atom. The van der Waals surface area contributed by atoms with Crippen molar-refractivity contribution in [1.29, 1.82) is 0 Å². The van der Waals surface area contributed by atoms with Gasteiger partial charge in [-0.2, -0.15) is 0 Å². The predicted octanol–water partition coefficient (Wildman–Crippen LogP) is 3.82. The standard InChI is InChI=1S/C24H22ClN5O2/c1-14-10-17-4-5-18(27-22(17)16(3)21(14)25)12-28-8-9-30-20(23(28)31)7-6-19(24(30)32)29-11-15(2)26-13-29/h4-7,10-11,13H,8-9,12H2,1-3H3. The van der Waals surface area contributed by atoms with Gasteiger partial charge in [-0.15, -0.1) is 0 Å². The molecule has 0 spiro atoms. The lowest BCUT2D eigenvalue weighted by molar-refractivity contribution is 0.0684. The summed E-state index contributed by atoms with van der Waals surface area (Å²) < 4.78 is 3.24. The first-order valence-electron chi connectivity index (χ1n) is 10.4. The number of benzene rings is 1. The van der Waals surface area contributed by atoms with Gasteiger partial charge in [-0.25, -0.2) is 4.98 Å². The fraction of sp³-hybridized carbons (Fsp3) is 0.250. The van der Waals surface area contributed by atoms with Crippen molar-refractivity contribution in [1.82, 2.24) is 24.0 Å². The zero-order valence-electron chi connectivity index (χ0n) is 18.1. The van der Waals surface area contributed by atoms with Gasteiger partial charge in [0.25, 0.3) is 11.5 Å². The van der Waals surface area contributed by atoms with E-state index in [0.717, 1.165) is 33.4 Å². The van der Waals surface area contributed by atoms with Crippen molar-refractivity contribution in [2.75, 3.05) is 6.54 Å². The molecule has 0 saturated carbocycles. The third-order valence-corrected chi connectivity index (χ3v) is 6.57. The summed E-state index contributed by atoms with van der Waals surface area (Å²) in [7, 11) is 0. The fourth-order valence-electron chi connectivity index (χ4n) is 4.27. The second kappa shape index (κ2) is 7.60. The summed E-state index contributed by atoms with van der Waals surface area (Å²) >= 11 is 6.41. The first-order valence-corrected chi connectivity index (χ1v) is 10.8. The van der Waals surface area contributed by atoms with Gasteiger partial charge in [0.2, 0.25) is 0 Å². The summed E-state index contributed by atoms with van der Waals surface area (Å²) in [5.41, 5.74) is 5.08. The monoisotopic (exact) mass is 447 g/mol. The molecule has 1 aliphatic rings. The Labute approximate surface area is 189 Å². The molecule has 32 heavy (non-hydrogen) atoms. The van der Waals surface area contributed by atoms with Crippen LogP contribution >= 0.6 is 11.6 Å². The maximum Gasteiger partial charge on any atom is 0.275 e. The zero-order valence-corrected chi connectivity index (χ0v) is 18.8. The van der Waals surface area contributed by atoms with Gasteiger partial charge in [0, 0.05) is 29.7 Å². The number of aryl methyl sites for hydroxylation is 3. The lowest BCUT2D eigenvalue weighted by atomic mass is 10.1. The Kier molecular flexibility index (Phi) is 4.86. The highest BCUT2D eigenvalue weighted by atomic mass is 35.5. The Morgan fingerprint density at radius 2 is 1.88 bits per heavy atom. The van der Waals surface area contributed by atoms with Crippen LogP contribution in [-0.4, -0.2) is 36.5 Å². The predicted molar refractivity (Wildman–Crippen MR) is 124 cm³/mol. The molecule has 0 bridgehead atoms. The van der Waals surface area contributed by atoms with Gasteiger partial charge >= 0.3 is 0 Å². The Balaban J connectivity index is 1.45. The topological polar surface area (TPSA) is 73.0 Å². The van der Waals surface area contributed by atoms with Crippen LogP contribution in [-0.2, 0) is 13.1 Å². The first kappa shape index (κ1) is 20.5. The van der Waals surface area contributed by atoms with E-state index in [1.807, 2.05) is 39.0 Å². The molecule has 5 rings (SSSR count). The molecule has 1 aromatic carbocycles. The number of halogens is 1. The van der Waals surface area contributed by atoms with Crippen LogP contribution in [0.2, 0.25) is 5.02 Å². The van der Waals surface area contributed by atoms with Crippen molar-refractivity contribution in [3.63, 3.8) is 0 Å². The Morgan fingerprint density at radius 1 is 1.06 bits per heavy atom. The molecule has 0 fully saturated rings. The number of nitrogens with zero attached hydrogens (tertiary/aromatic N) is 5. The highest BCUT2D eigenvalue weighted by molar-refractivity contribution is 6.33. The van der Waals surface area contributed by atoms with Crippen LogP contribution in [0.3, 0.4) is 0 Å². The summed E-state index contributed by atoms with van der Waals surface area (Å²) in [5.74, 6) is -0.178. The van der Waals surface area contributed by atoms with E-state index in [4.69, 9.17) is 16.6 Å². The lowest BCUT2D eigenvalue weighted by Crippen LogP contribution is -2.44. The molecule has 0 unspecified atom stereocenters. The number of pyridine rings is 2. The maximum absolute atomic E-state index is 13.2. The van der Waals surface area contributed by atoms with E-state index in [0.29, 0.717) is 36.0 Å². The average molecular weight is 448 g/mol. The molecule has 1 aliphatic heterocycles. The van der Waals surface area contributed by atoms with Crippen LogP contribution in [0.5, 0.6) is 0 Å². The SMILES string of the molecule is Cc1cn(-c2ccc3n(c2=O)CCN(Cc2ccc4cc(C)c(Cl)c(C)c4n2)C3=O)cn1. The molecule has 3 aromatic heterocycles. The zero-order chi connectivity index (χ0) is 22.6. The van der Waals surface area contributed by atoms with Crippen LogP contribution in [0.1, 0.15) is 33.0 Å². The first-order chi connectivity index (χ1) is 15.3. The average Bonchev–Trinajstić information content (AvgIpc) is 3.21. The molecular weight excluding hydrogens is 426 g/mol. The van der Waals surface area contributed by atoms with Crippen molar-refractivity contribution < 1.29 is 4.79 Å². The van der Waals surface area contributed by atoms with E-state index >= 15 is 0 Å². The van der Waals surface area contributed by atoms with E-state index < -0.39 is 0 Å². The maximum atomic E-state index is 13.2. The normalized spacial score (nSPS) is 13.6. The van der Waals surface area contributed by atoms with E-state index in [-0.39, 0.29) is 11.5 Å². The summed E-state index contributed by atoms with van der Waals surface area (Å²) in [6.45, 7) is 7.04. The van der Waals surface area contributed by atoms with Crippen LogP contribution in [0.25, 0.3) is 16.6 Å². The number of imidazole rings is 1. The molecular formula is C24H22ClN5O2. The molecule has 162 valence electrons. The number of rotatable bonds is 3. The van der Waals surface area contributed by atoms with Gasteiger partial charge in [-0.1, -0.05) is 17.7 Å². The van der Waals surface area contributed by atoms with Gasteiger partial charge in [0.15, 0.2) is 0 Å². The number of hydrogen-bond donors (Lipinski definition) is 0. The van der Waals surface area contributed by atoms with E-state index in [1.54, 1.807) is 38.7 Å². The number of fused-ring (bicyclic) bond motifs is 2. The van der Waals surface area contributed by atoms with Gasteiger partial charge < -0.3 is 14.0 Å². The number of amides is 1.